The Morgan fingerprint density at radius 1 is 1.28 bits per heavy atom. The topological polar surface area (TPSA) is 74.7 Å². The van der Waals surface area contributed by atoms with Crippen LogP contribution < -0.4 is 0 Å². The molecule has 1 aromatic carbocycles. The molecule has 0 unspecified atom stereocenters. The minimum Gasteiger partial charge on any atom is -0.480 e. The largest absolute Gasteiger partial charge is 0.480 e. The first-order chi connectivity index (χ1) is 8.45. The molecule has 0 spiro atoms. The zero-order valence-corrected chi connectivity index (χ0v) is 11.1. The lowest BCUT2D eigenvalue weighted by atomic mass is 10.2. The molecule has 0 aliphatic heterocycles. The van der Waals surface area contributed by atoms with Crippen molar-refractivity contribution in [3.63, 3.8) is 0 Å². The Kier molecular flexibility index (Phi) is 5.30. The maximum atomic E-state index is 11.9. The van der Waals surface area contributed by atoms with E-state index in [0.29, 0.717) is 6.42 Å². The first-order valence-corrected chi connectivity index (χ1v) is 7.30. The summed E-state index contributed by atoms with van der Waals surface area (Å²) in [6, 6.07) is 8.96. The van der Waals surface area contributed by atoms with E-state index in [-0.39, 0.29) is 12.3 Å². The van der Waals surface area contributed by atoms with E-state index < -0.39 is 22.5 Å². The molecule has 100 valence electrons. The highest BCUT2D eigenvalue weighted by atomic mass is 32.2. The Morgan fingerprint density at radius 2 is 1.89 bits per heavy atom. The summed E-state index contributed by atoms with van der Waals surface area (Å²) in [6.07, 6.45) is 0.466. The fraction of sp³-hybridized carbons (Fsp3) is 0.417. The third kappa shape index (κ3) is 4.46. The van der Waals surface area contributed by atoms with Gasteiger partial charge in [0, 0.05) is 6.54 Å². The van der Waals surface area contributed by atoms with Crippen LogP contribution in [-0.2, 0) is 21.4 Å². The Hall–Kier alpha value is -1.40. The monoisotopic (exact) mass is 271 g/mol. The van der Waals surface area contributed by atoms with Crippen LogP contribution in [-0.4, -0.2) is 36.1 Å². The van der Waals surface area contributed by atoms with Gasteiger partial charge in [0.1, 0.15) is 6.54 Å². The molecule has 0 amide bonds. The predicted molar refractivity (Wildman–Crippen MR) is 68.6 cm³/mol. The van der Waals surface area contributed by atoms with Crippen LogP contribution in [0.15, 0.2) is 30.3 Å². The molecule has 0 heterocycles. The lowest BCUT2D eigenvalue weighted by molar-refractivity contribution is -0.137. The van der Waals surface area contributed by atoms with Crippen molar-refractivity contribution < 1.29 is 18.3 Å². The van der Waals surface area contributed by atoms with Gasteiger partial charge >= 0.3 is 5.97 Å². The van der Waals surface area contributed by atoms with Gasteiger partial charge in [-0.15, -0.1) is 0 Å². The van der Waals surface area contributed by atoms with Gasteiger partial charge in [-0.25, -0.2) is 8.42 Å². The van der Waals surface area contributed by atoms with E-state index >= 15 is 0 Å². The highest BCUT2D eigenvalue weighted by molar-refractivity contribution is 7.89. The van der Waals surface area contributed by atoms with Crippen LogP contribution in [0.5, 0.6) is 0 Å². The summed E-state index contributed by atoms with van der Waals surface area (Å²) in [4.78, 5) is 10.7. The van der Waals surface area contributed by atoms with Gasteiger partial charge in [-0.1, -0.05) is 37.3 Å². The summed E-state index contributed by atoms with van der Waals surface area (Å²) in [5.41, 5.74) is 0.776. The molecule has 0 saturated carbocycles. The van der Waals surface area contributed by atoms with Gasteiger partial charge in [-0.05, 0) is 12.0 Å². The molecule has 1 aromatic rings. The van der Waals surface area contributed by atoms with E-state index in [1.807, 2.05) is 6.07 Å². The maximum absolute atomic E-state index is 11.9. The van der Waals surface area contributed by atoms with Gasteiger partial charge in [0.2, 0.25) is 10.0 Å². The van der Waals surface area contributed by atoms with Gasteiger partial charge in [0.25, 0.3) is 0 Å². The summed E-state index contributed by atoms with van der Waals surface area (Å²) in [5.74, 6) is -1.18. The molecule has 0 aliphatic carbocycles. The van der Waals surface area contributed by atoms with Crippen LogP contribution in [0.4, 0.5) is 0 Å². The van der Waals surface area contributed by atoms with Crippen molar-refractivity contribution >= 4 is 16.0 Å². The minimum atomic E-state index is -3.51. The summed E-state index contributed by atoms with van der Waals surface area (Å²) >= 11 is 0. The molecule has 5 nitrogen and oxygen atoms in total. The average Bonchev–Trinajstić information content (AvgIpc) is 2.29. The zero-order chi connectivity index (χ0) is 13.6. The number of carboxylic acid groups (broad SMARTS) is 1. The van der Waals surface area contributed by atoms with Gasteiger partial charge in [-0.3, -0.25) is 4.79 Å². The highest BCUT2D eigenvalue weighted by Crippen LogP contribution is 2.10. The van der Waals surface area contributed by atoms with Crippen LogP contribution in [0.1, 0.15) is 18.9 Å². The van der Waals surface area contributed by atoms with Crippen LogP contribution in [0, 0.1) is 0 Å². The van der Waals surface area contributed by atoms with Crippen LogP contribution in [0.25, 0.3) is 0 Å². The predicted octanol–water partition coefficient (Wildman–Crippen LogP) is 1.31. The standard InChI is InChI=1S/C12H17NO4S/c1-2-8-18(16,17)13(10-12(14)15)9-11-6-4-3-5-7-11/h3-7H,2,8-10H2,1H3,(H,14,15). The SMILES string of the molecule is CCCS(=O)(=O)N(CC(=O)O)Cc1ccccc1. The Morgan fingerprint density at radius 3 is 2.39 bits per heavy atom. The van der Waals surface area contributed by atoms with E-state index in [9.17, 15) is 13.2 Å². The number of carboxylic acids is 1. The van der Waals surface area contributed by atoms with Crippen molar-refractivity contribution in [2.45, 2.75) is 19.9 Å². The third-order valence-corrected chi connectivity index (χ3v) is 4.34. The lowest BCUT2D eigenvalue weighted by Crippen LogP contribution is -2.36. The first-order valence-electron chi connectivity index (χ1n) is 5.69. The van der Waals surface area contributed by atoms with E-state index in [1.54, 1.807) is 31.2 Å². The molecule has 1 rings (SSSR count). The second-order valence-electron chi connectivity index (χ2n) is 3.96. The molecule has 0 atom stereocenters. The van der Waals surface area contributed by atoms with Gasteiger partial charge in [0.05, 0.1) is 5.75 Å². The quantitative estimate of drug-likeness (QED) is 0.811. The van der Waals surface area contributed by atoms with Crippen LogP contribution in [0.3, 0.4) is 0 Å². The molecule has 0 radical (unpaired) electrons. The van der Waals surface area contributed by atoms with Crippen LogP contribution >= 0.6 is 0 Å². The maximum Gasteiger partial charge on any atom is 0.318 e. The van der Waals surface area contributed by atoms with Gasteiger partial charge in [-0.2, -0.15) is 4.31 Å². The molecule has 18 heavy (non-hydrogen) atoms. The summed E-state index contributed by atoms with van der Waals surface area (Å²) in [5, 5.41) is 8.79. The second kappa shape index (κ2) is 6.51. The number of aliphatic carboxylic acids is 1. The number of nitrogens with zero attached hydrogens (tertiary/aromatic N) is 1. The van der Waals surface area contributed by atoms with Gasteiger partial charge < -0.3 is 5.11 Å². The number of rotatable bonds is 7. The first kappa shape index (κ1) is 14.7. The van der Waals surface area contributed by atoms with Gasteiger partial charge in [0.15, 0.2) is 0 Å². The molecule has 6 heteroatoms. The van der Waals surface area contributed by atoms with Crippen molar-refractivity contribution in [1.29, 1.82) is 0 Å². The number of benzene rings is 1. The molecule has 1 N–H and O–H groups in total. The van der Waals surface area contributed by atoms with Crippen LogP contribution in [0.2, 0.25) is 0 Å². The number of hydrogen-bond donors (Lipinski definition) is 1. The van der Waals surface area contributed by atoms with E-state index in [4.69, 9.17) is 5.11 Å². The molecule has 0 fully saturated rings. The number of sulfonamides is 1. The van der Waals surface area contributed by atoms with Crippen molar-refractivity contribution in [3.8, 4) is 0 Å². The fourth-order valence-electron chi connectivity index (χ4n) is 1.58. The molecule has 0 saturated heterocycles. The number of carbonyl (C=O) groups is 1. The molecule has 0 bridgehead atoms. The second-order valence-corrected chi connectivity index (χ2v) is 6.05. The summed E-state index contributed by atoms with van der Waals surface area (Å²) < 4.78 is 24.9. The fourth-order valence-corrected chi connectivity index (χ4v) is 3.00. The molecule has 0 aliphatic rings. The summed E-state index contributed by atoms with van der Waals surface area (Å²) in [6.45, 7) is 1.34. The van der Waals surface area contributed by atoms with Crippen molar-refractivity contribution in [1.82, 2.24) is 4.31 Å². The van der Waals surface area contributed by atoms with E-state index in [2.05, 4.69) is 0 Å². The summed E-state index contributed by atoms with van der Waals surface area (Å²) in [7, 11) is -3.51. The minimum absolute atomic E-state index is 0.0346. The zero-order valence-electron chi connectivity index (χ0n) is 10.2. The van der Waals surface area contributed by atoms with Crippen molar-refractivity contribution in [2.24, 2.45) is 0 Å². The molecular weight excluding hydrogens is 254 g/mol. The smallest absolute Gasteiger partial charge is 0.318 e. The highest BCUT2D eigenvalue weighted by Gasteiger charge is 2.23. The Balaban J connectivity index is 2.89. The molecule has 0 aromatic heterocycles. The normalized spacial score (nSPS) is 11.7. The third-order valence-electron chi connectivity index (χ3n) is 2.37. The number of hydrogen-bond acceptors (Lipinski definition) is 3. The lowest BCUT2D eigenvalue weighted by Gasteiger charge is -2.20. The average molecular weight is 271 g/mol. The van der Waals surface area contributed by atoms with E-state index in [1.165, 1.54) is 0 Å². The Labute approximate surface area is 107 Å². The van der Waals surface area contributed by atoms with Crippen molar-refractivity contribution in [3.05, 3.63) is 35.9 Å². The molecular formula is C12H17NO4S. The Bertz CT molecular complexity index is 484. The van der Waals surface area contributed by atoms with E-state index in [0.717, 1.165) is 9.87 Å². The van der Waals surface area contributed by atoms with Crippen molar-refractivity contribution in [2.75, 3.05) is 12.3 Å².